The van der Waals surface area contributed by atoms with Crippen molar-refractivity contribution in [3.8, 4) is 0 Å². The number of carbonyl (C=O) groups is 1. The molecule has 2 nitrogen and oxygen atoms in total. The molecule has 0 saturated carbocycles. The van der Waals surface area contributed by atoms with Crippen LogP contribution in [-0.4, -0.2) is 12.5 Å². The molecule has 0 aliphatic carbocycles. The van der Waals surface area contributed by atoms with Gasteiger partial charge in [0.05, 0.1) is 0 Å². The van der Waals surface area contributed by atoms with Gasteiger partial charge in [0, 0.05) is 13.0 Å². The van der Waals surface area contributed by atoms with Crippen molar-refractivity contribution in [3.05, 3.63) is 0 Å². The van der Waals surface area contributed by atoms with E-state index in [0.29, 0.717) is 12.3 Å². The van der Waals surface area contributed by atoms with Crippen molar-refractivity contribution in [2.45, 2.75) is 40.0 Å². The standard InChI is InChI=1S/C9H19NO/c1-4-8(3)6-7-9(11)10-5-2/h8H,4-7H2,1-3H3,(H,10,11). The number of carbonyl (C=O) groups excluding carboxylic acids is 1. The molecule has 0 aromatic rings. The minimum Gasteiger partial charge on any atom is -0.356 e. The average molecular weight is 157 g/mol. The normalized spacial score (nSPS) is 12.6. The predicted octanol–water partition coefficient (Wildman–Crippen LogP) is 1.95. The van der Waals surface area contributed by atoms with E-state index in [2.05, 4.69) is 19.2 Å². The Morgan fingerprint density at radius 1 is 1.45 bits per heavy atom. The molecule has 1 unspecified atom stereocenters. The third kappa shape index (κ3) is 5.89. The highest BCUT2D eigenvalue weighted by molar-refractivity contribution is 5.75. The van der Waals surface area contributed by atoms with Crippen LogP contribution in [0.1, 0.15) is 40.0 Å². The number of amides is 1. The Labute approximate surface area is 69.4 Å². The lowest BCUT2D eigenvalue weighted by atomic mass is 10.0. The molecule has 0 radical (unpaired) electrons. The first kappa shape index (κ1) is 10.5. The van der Waals surface area contributed by atoms with Gasteiger partial charge in [0.1, 0.15) is 0 Å². The molecule has 66 valence electrons. The van der Waals surface area contributed by atoms with E-state index in [1.807, 2.05) is 6.92 Å². The van der Waals surface area contributed by atoms with Crippen LogP contribution in [0.25, 0.3) is 0 Å². The van der Waals surface area contributed by atoms with Gasteiger partial charge >= 0.3 is 0 Å². The first-order chi connectivity index (χ1) is 5.20. The molecule has 2 heteroatoms. The topological polar surface area (TPSA) is 29.1 Å². The Morgan fingerprint density at radius 3 is 2.55 bits per heavy atom. The van der Waals surface area contributed by atoms with Crippen LogP contribution in [-0.2, 0) is 4.79 Å². The summed E-state index contributed by atoms with van der Waals surface area (Å²) in [6.07, 6.45) is 2.87. The highest BCUT2D eigenvalue weighted by atomic mass is 16.1. The van der Waals surface area contributed by atoms with Gasteiger partial charge in [0.15, 0.2) is 0 Å². The highest BCUT2D eigenvalue weighted by Gasteiger charge is 2.02. The van der Waals surface area contributed by atoms with E-state index in [-0.39, 0.29) is 5.91 Å². The van der Waals surface area contributed by atoms with Crippen LogP contribution >= 0.6 is 0 Å². The van der Waals surface area contributed by atoms with Gasteiger partial charge in [-0.3, -0.25) is 4.79 Å². The van der Waals surface area contributed by atoms with Crippen molar-refractivity contribution < 1.29 is 4.79 Å². The SMILES string of the molecule is CCNC(=O)CCC(C)CC. The second-order valence-corrected chi connectivity index (χ2v) is 3.01. The lowest BCUT2D eigenvalue weighted by Gasteiger charge is -2.06. The Hall–Kier alpha value is -0.530. The second-order valence-electron chi connectivity index (χ2n) is 3.01. The number of rotatable bonds is 5. The molecule has 0 aliphatic heterocycles. The van der Waals surface area contributed by atoms with E-state index in [4.69, 9.17) is 0 Å². The number of nitrogens with one attached hydrogen (secondary N) is 1. The van der Waals surface area contributed by atoms with Crippen molar-refractivity contribution in [1.82, 2.24) is 5.32 Å². The largest absolute Gasteiger partial charge is 0.356 e. The molecule has 0 rings (SSSR count). The molecule has 1 atom stereocenters. The van der Waals surface area contributed by atoms with E-state index in [0.717, 1.165) is 13.0 Å². The van der Waals surface area contributed by atoms with Crippen LogP contribution in [0, 0.1) is 5.92 Å². The lowest BCUT2D eigenvalue weighted by Crippen LogP contribution is -2.22. The van der Waals surface area contributed by atoms with Crippen LogP contribution < -0.4 is 5.32 Å². The third-order valence-corrected chi connectivity index (χ3v) is 1.94. The molecule has 0 fully saturated rings. The quantitative estimate of drug-likeness (QED) is 0.649. The highest BCUT2D eigenvalue weighted by Crippen LogP contribution is 2.08. The van der Waals surface area contributed by atoms with Gasteiger partial charge in [-0.25, -0.2) is 0 Å². The van der Waals surface area contributed by atoms with Gasteiger partial charge in [-0.15, -0.1) is 0 Å². The van der Waals surface area contributed by atoms with Gasteiger partial charge < -0.3 is 5.32 Å². The molecule has 0 bridgehead atoms. The Kier molecular flexibility index (Phi) is 5.90. The second kappa shape index (κ2) is 6.20. The first-order valence-corrected chi connectivity index (χ1v) is 4.47. The van der Waals surface area contributed by atoms with E-state index in [1.54, 1.807) is 0 Å². The molecule has 1 amide bonds. The fourth-order valence-corrected chi connectivity index (χ4v) is 0.867. The minimum atomic E-state index is 0.188. The maximum absolute atomic E-state index is 11.0. The Bertz CT molecular complexity index is 112. The first-order valence-electron chi connectivity index (χ1n) is 4.47. The van der Waals surface area contributed by atoms with E-state index in [9.17, 15) is 4.79 Å². The summed E-state index contributed by atoms with van der Waals surface area (Å²) in [5, 5.41) is 2.79. The summed E-state index contributed by atoms with van der Waals surface area (Å²) in [6, 6.07) is 0. The van der Waals surface area contributed by atoms with Gasteiger partial charge in [-0.05, 0) is 19.3 Å². The Balaban J connectivity index is 3.30. The molecule has 0 heterocycles. The van der Waals surface area contributed by atoms with Crippen molar-refractivity contribution in [3.63, 3.8) is 0 Å². The molecule has 0 aromatic carbocycles. The fraction of sp³-hybridized carbons (Fsp3) is 0.889. The summed E-state index contributed by atoms with van der Waals surface area (Å²) in [5.74, 6) is 0.866. The average Bonchev–Trinajstić information content (AvgIpc) is 2.01. The van der Waals surface area contributed by atoms with Gasteiger partial charge in [-0.1, -0.05) is 20.3 Å². The van der Waals surface area contributed by atoms with E-state index < -0.39 is 0 Å². The van der Waals surface area contributed by atoms with Gasteiger partial charge in [0.2, 0.25) is 5.91 Å². The van der Waals surface area contributed by atoms with E-state index >= 15 is 0 Å². The summed E-state index contributed by atoms with van der Waals surface area (Å²) in [5.41, 5.74) is 0. The van der Waals surface area contributed by atoms with Crippen molar-refractivity contribution in [2.24, 2.45) is 5.92 Å². The molecule has 0 spiro atoms. The maximum Gasteiger partial charge on any atom is 0.219 e. The summed E-state index contributed by atoms with van der Waals surface area (Å²) >= 11 is 0. The van der Waals surface area contributed by atoms with Crippen LogP contribution in [0.5, 0.6) is 0 Å². The minimum absolute atomic E-state index is 0.188. The molecular weight excluding hydrogens is 138 g/mol. The summed E-state index contributed by atoms with van der Waals surface area (Å²) in [6.45, 7) is 7.03. The predicted molar refractivity (Wildman–Crippen MR) is 47.4 cm³/mol. The zero-order valence-corrected chi connectivity index (χ0v) is 7.81. The smallest absolute Gasteiger partial charge is 0.219 e. The van der Waals surface area contributed by atoms with Gasteiger partial charge in [-0.2, -0.15) is 0 Å². The molecule has 0 aliphatic rings. The fourth-order valence-electron chi connectivity index (χ4n) is 0.867. The maximum atomic E-state index is 11.0. The van der Waals surface area contributed by atoms with Crippen LogP contribution in [0.2, 0.25) is 0 Å². The zero-order valence-electron chi connectivity index (χ0n) is 7.81. The monoisotopic (exact) mass is 157 g/mol. The van der Waals surface area contributed by atoms with Crippen molar-refractivity contribution in [1.29, 1.82) is 0 Å². The van der Waals surface area contributed by atoms with Crippen LogP contribution in [0.4, 0.5) is 0 Å². The molecule has 11 heavy (non-hydrogen) atoms. The zero-order chi connectivity index (χ0) is 8.69. The molecular formula is C9H19NO. The number of hydrogen-bond acceptors (Lipinski definition) is 1. The van der Waals surface area contributed by atoms with Crippen LogP contribution in [0.15, 0.2) is 0 Å². The molecule has 0 saturated heterocycles. The number of hydrogen-bond donors (Lipinski definition) is 1. The van der Waals surface area contributed by atoms with Crippen molar-refractivity contribution in [2.75, 3.05) is 6.54 Å². The van der Waals surface area contributed by atoms with E-state index in [1.165, 1.54) is 6.42 Å². The Morgan fingerprint density at radius 2 is 2.09 bits per heavy atom. The third-order valence-electron chi connectivity index (χ3n) is 1.94. The van der Waals surface area contributed by atoms with Crippen LogP contribution in [0.3, 0.4) is 0 Å². The summed E-state index contributed by atoms with van der Waals surface area (Å²) < 4.78 is 0. The molecule has 1 N–H and O–H groups in total. The summed E-state index contributed by atoms with van der Waals surface area (Å²) in [7, 11) is 0. The lowest BCUT2D eigenvalue weighted by molar-refractivity contribution is -0.121. The molecule has 0 aromatic heterocycles. The van der Waals surface area contributed by atoms with Crippen molar-refractivity contribution >= 4 is 5.91 Å². The van der Waals surface area contributed by atoms with Gasteiger partial charge in [0.25, 0.3) is 0 Å². The summed E-state index contributed by atoms with van der Waals surface area (Å²) in [4.78, 5) is 11.0.